The molecule has 4 heteroatoms. The first-order chi connectivity index (χ1) is 10.6. The SMILES string of the molecule is COc1cccc2c1C(=O)c1c(OC)cc(C)c(OC)c1C2. The first-order valence-corrected chi connectivity index (χ1v) is 7.07. The highest BCUT2D eigenvalue weighted by Gasteiger charge is 2.32. The summed E-state index contributed by atoms with van der Waals surface area (Å²) in [6.07, 6.45) is 0.620. The molecule has 2 aromatic carbocycles. The van der Waals surface area contributed by atoms with Crippen LogP contribution in [0.1, 0.15) is 32.6 Å². The Bertz CT molecular complexity index is 762. The largest absolute Gasteiger partial charge is 0.496 e. The minimum Gasteiger partial charge on any atom is -0.496 e. The molecule has 0 radical (unpaired) electrons. The van der Waals surface area contributed by atoms with E-state index in [-0.39, 0.29) is 5.78 Å². The molecule has 3 rings (SSSR count). The third-order valence-corrected chi connectivity index (χ3v) is 4.11. The van der Waals surface area contributed by atoms with E-state index >= 15 is 0 Å². The Morgan fingerprint density at radius 2 is 1.68 bits per heavy atom. The minimum absolute atomic E-state index is 0.0798. The van der Waals surface area contributed by atoms with E-state index in [1.807, 2.05) is 25.1 Å². The fourth-order valence-corrected chi connectivity index (χ4v) is 3.16. The van der Waals surface area contributed by atoms with Crippen LogP contribution >= 0.6 is 0 Å². The van der Waals surface area contributed by atoms with Gasteiger partial charge in [-0.25, -0.2) is 0 Å². The molecule has 1 aliphatic rings. The Kier molecular flexibility index (Phi) is 3.53. The van der Waals surface area contributed by atoms with Crippen molar-refractivity contribution in [3.63, 3.8) is 0 Å². The second-order valence-corrected chi connectivity index (χ2v) is 5.28. The van der Waals surface area contributed by atoms with Crippen molar-refractivity contribution < 1.29 is 19.0 Å². The second-order valence-electron chi connectivity index (χ2n) is 5.28. The average Bonchev–Trinajstić information content (AvgIpc) is 2.53. The summed E-state index contributed by atoms with van der Waals surface area (Å²) < 4.78 is 16.3. The average molecular weight is 298 g/mol. The van der Waals surface area contributed by atoms with Gasteiger partial charge in [0, 0.05) is 12.0 Å². The van der Waals surface area contributed by atoms with E-state index in [2.05, 4.69) is 0 Å². The Morgan fingerprint density at radius 3 is 2.32 bits per heavy atom. The van der Waals surface area contributed by atoms with Gasteiger partial charge in [-0.2, -0.15) is 0 Å². The third kappa shape index (κ3) is 1.95. The highest BCUT2D eigenvalue weighted by atomic mass is 16.5. The van der Waals surface area contributed by atoms with Crippen molar-refractivity contribution in [2.45, 2.75) is 13.3 Å². The van der Waals surface area contributed by atoms with Crippen LogP contribution in [0.25, 0.3) is 0 Å². The summed E-state index contributed by atoms with van der Waals surface area (Å²) >= 11 is 0. The van der Waals surface area contributed by atoms with Crippen LogP contribution in [0.15, 0.2) is 24.3 Å². The summed E-state index contributed by atoms with van der Waals surface area (Å²) in [5, 5.41) is 0. The summed E-state index contributed by atoms with van der Waals surface area (Å²) in [4.78, 5) is 13.0. The number of rotatable bonds is 3. The Labute approximate surface area is 129 Å². The molecule has 0 spiro atoms. The molecular formula is C18H18O4. The number of carbonyl (C=O) groups excluding carboxylic acids is 1. The second kappa shape index (κ2) is 5.37. The Morgan fingerprint density at radius 1 is 0.955 bits per heavy atom. The van der Waals surface area contributed by atoms with E-state index in [9.17, 15) is 4.79 Å². The fourth-order valence-electron chi connectivity index (χ4n) is 3.16. The molecule has 0 heterocycles. The molecule has 0 aromatic heterocycles. The predicted molar refractivity (Wildman–Crippen MR) is 83.5 cm³/mol. The van der Waals surface area contributed by atoms with Gasteiger partial charge >= 0.3 is 0 Å². The zero-order valence-corrected chi connectivity index (χ0v) is 13.1. The van der Waals surface area contributed by atoms with Crippen LogP contribution < -0.4 is 14.2 Å². The number of hydrogen-bond donors (Lipinski definition) is 0. The van der Waals surface area contributed by atoms with Gasteiger partial charge in [0.1, 0.15) is 17.2 Å². The molecule has 0 atom stereocenters. The molecule has 0 fully saturated rings. The topological polar surface area (TPSA) is 44.8 Å². The fraction of sp³-hybridized carbons (Fsp3) is 0.278. The minimum atomic E-state index is -0.0798. The van der Waals surface area contributed by atoms with Gasteiger partial charge < -0.3 is 14.2 Å². The maximum Gasteiger partial charge on any atom is 0.201 e. The van der Waals surface area contributed by atoms with Gasteiger partial charge in [0.2, 0.25) is 5.78 Å². The summed E-state index contributed by atoms with van der Waals surface area (Å²) in [5.74, 6) is 1.84. The van der Waals surface area contributed by atoms with Gasteiger partial charge in [0.25, 0.3) is 0 Å². The van der Waals surface area contributed by atoms with E-state index < -0.39 is 0 Å². The molecule has 4 nitrogen and oxygen atoms in total. The van der Waals surface area contributed by atoms with Crippen LogP contribution in [-0.2, 0) is 6.42 Å². The standard InChI is InChI=1S/C18H18O4/c1-10-8-14(21-3)16-12(18(10)22-4)9-11-6-5-7-13(20-2)15(11)17(16)19/h5-8H,9H2,1-4H3. The molecule has 0 unspecified atom stereocenters. The number of ether oxygens (including phenoxy) is 3. The van der Waals surface area contributed by atoms with Gasteiger partial charge in [-0.05, 0) is 30.2 Å². The lowest BCUT2D eigenvalue weighted by molar-refractivity contribution is 0.102. The van der Waals surface area contributed by atoms with Crippen molar-refractivity contribution >= 4 is 5.78 Å². The van der Waals surface area contributed by atoms with E-state index in [0.717, 1.165) is 22.4 Å². The number of aryl methyl sites for hydroxylation is 1. The van der Waals surface area contributed by atoms with Crippen molar-refractivity contribution in [1.29, 1.82) is 0 Å². The molecular weight excluding hydrogens is 280 g/mol. The zero-order valence-electron chi connectivity index (χ0n) is 13.1. The smallest absolute Gasteiger partial charge is 0.201 e. The first kappa shape index (κ1) is 14.4. The van der Waals surface area contributed by atoms with Crippen LogP contribution in [0.4, 0.5) is 0 Å². The maximum atomic E-state index is 13.0. The molecule has 0 N–H and O–H groups in total. The number of methoxy groups -OCH3 is 3. The zero-order chi connectivity index (χ0) is 15.9. The van der Waals surface area contributed by atoms with Crippen molar-refractivity contribution in [3.05, 3.63) is 52.1 Å². The normalized spacial score (nSPS) is 12.5. The summed E-state index contributed by atoms with van der Waals surface area (Å²) in [7, 11) is 4.78. The Hall–Kier alpha value is -2.49. The van der Waals surface area contributed by atoms with Crippen LogP contribution in [0.3, 0.4) is 0 Å². The monoisotopic (exact) mass is 298 g/mol. The van der Waals surface area contributed by atoms with E-state index in [1.54, 1.807) is 27.4 Å². The number of benzene rings is 2. The molecule has 22 heavy (non-hydrogen) atoms. The summed E-state index contributed by atoms with van der Waals surface area (Å²) in [5.41, 5.74) is 3.97. The molecule has 0 amide bonds. The maximum absolute atomic E-state index is 13.0. The van der Waals surface area contributed by atoms with E-state index in [0.29, 0.717) is 29.0 Å². The van der Waals surface area contributed by atoms with Crippen molar-refractivity contribution in [2.24, 2.45) is 0 Å². The van der Waals surface area contributed by atoms with Gasteiger partial charge in [-0.1, -0.05) is 12.1 Å². The molecule has 1 aliphatic carbocycles. The number of carbonyl (C=O) groups is 1. The highest BCUT2D eigenvalue weighted by Crippen LogP contribution is 2.42. The van der Waals surface area contributed by atoms with Gasteiger partial charge in [-0.3, -0.25) is 4.79 Å². The number of ketones is 1. The van der Waals surface area contributed by atoms with Gasteiger partial charge in [0.15, 0.2) is 0 Å². The van der Waals surface area contributed by atoms with Crippen LogP contribution in [0.2, 0.25) is 0 Å². The molecule has 2 aromatic rings. The Balaban J connectivity index is 2.31. The van der Waals surface area contributed by atoms with Crippen molar-refractivity contribution in [1.82, 2.24) is 0 Å². The molecule has 0 bridgehead atoms. The van der Waals surface area contributed by atoms with Gasteiger partial charge in [-0.15, -0.1) is 0 Å². The van der Waals surface area contributed by atoms with Crippen molar-refractivity contribution in [3.8, 4) is 17.2 Å². The lowest BCUT2D eigenvalue weighted by Gasteiger charge is -2.25. The number of fused-ring (bicyclic) bond motifs is 2. The van der Waals surface area contributed by atoms with Gasteiger partial charge in [0.05, 0.1) is 32.5 Å². The van der Waals surface area contributed by atoms with E-state index in [4.69, 9.17) is 14.2 Å². The van der Waals surface area contributed by atoms with E-state index in [1.165, 1.54) is 0 Å². The summed E-state index contributed by atoms with van der Waals surface area (Å²) in [6.45, 7) is 1.95. The number of hydrogen-bond acceptors (Lipinski definition) is 4. The van der Waals surface area contributed by atoms with Crippen molar-refractivity contribution in [2.75, 3.05) is 21.3 Å². The highest BCUT2D eigenvalue weighted by molar-refractivity contribution is 6.16. The molecule has 0 aliphatic heterocycles. The molecule has 0 saturated heterocycles. The predicted octanol–water partition coefficient (Wildman–Crippen LogP) is 3.16. The van der Waals surface area contributed by atoms with Crippen LogP contribution in [0.5, 0.6) is 17.2 Å². The quantitative estimate of drug-likeness (QED) is 0.745. The first-order valence-electron chi connectivity index (χ1n) is 7.07. The van der Waals surface area contributed by atoms with Crippen LogP contribution in [0, 0.1) is 6.92 Å². The third-order valence-electron chi connectivity index (χ3n) is 4.11. The molecule has 0 saturated carbocycles. The van der Waals surface area contributed by atoms with Crippen LogP contribution in [-0.4, -0.2) is 27.1 Å². The lowest BCUT2D eigenvalue weighted by atomic mass is 9.82. The summed E-state index contributed by atoms with van der Waals surface area (Å²) in [6, 6.07) is 7.50. The lowest BCUT2D eigenvalue weighted by Crippen LogP contribution is -2.18. The molecule has 114 valence electrons.